The molecule has 0 aliphatic carbocycles. The quantitative estimate of drug-likeness (QED) is 0.516. The third kappa shape index (κ3) is 4.54. The summed E-state index contributed by atoms with van der Waals surface area (Å²) in [4.78, 5) is 47.6. The van der Waals surface area contributed by atoms with Crippen molar-refractivity contribution in [2.75, 3.05) is 44.3 Å². The Morgan fingerprint density at radius 3 is 2.19 bits per heavy atom. The highest BCUT2D eigenvalue weighted by atomic mass is 16.2. The van der Waals surface area contributed by atoms with Crippen LogP contribution in [0.1, 0.15) is 37.0 Å². The van der Waals surface area contributed by atoms with Crippen molar-refractivity contribution in [3.63, 3.8) is 0 Å². The van der Waals surface area contributed by atoms with Crippen LogP contribution in [0.15, 0.2) is 72.8 Å². The Hall–Kier alpha value is -3.87. The molecule has 0 aromatic heterocycles. The third-order valence-electron chi connectivity index (χ3n) is 7.90. The molecular formula is C30H34N4O3. The maximum Gasteiger partial charge on any atom is 0.253 e. The van der Waals surface area contributed by atoms with Crippen molar-refractivity contribution in [1.82, 2.24) is 14.7 Å². The predicted octanol–water partition coefficient (Wildman–Crippen LogP) is 3.99. The Kier molecular flexibility index (Phi) is 6.87. The van der Waals surface area contributed by atoms with Crippen molar-refractivity contribution in [2.45, 2.75) is 32.2 Å². The number of likely N-dealkylation sites (N-methyl/N-ethyl adjacent to an activating group) is 1. The lowest BCUT2D eigenvalue weighted by atomic mass is 9.85. The second-order valence-electron chi connectivity index (χ2n) is 9.86. The first-order valence-electron chi connectivity index (χ1n) is 13.1. The zero-order chi connectivity index (χ0) is 26.0. The summed E-state index contributed by atoms with van der Waals surface area (Å²) in [5.41, 5.74) is 0.868. The van der Waals surface area contributed by atoms with Crippen LogP contribution < -0.4 is 4.90 Å². The number of rotatable bonds is 6. The molecule has 0 radical (unpaired) electrons. The topological polar surface area (TPSA) is 64.2 Å². The van der Waals surface area contributed by atoms with Crippen LogP contribution in [0, 0.1) is 0 Å². The Balaban J connectivity index is 1.37. The summed E-state index contributed by atoms with van der Waals surface area (Å²) in [7, 11) is 0. The van der Waals surface area contributed by atoms with E-state index in [2.05, 4.69) is 4.90 Å². The Bertz CT molecular complexity index is 1300. The first-order chi connectivity index (χ1) is 18.0. The molecule has 7 nitrogen and oxygen atoms in total. The molecule has 192 valence electrons. The largest absolute Gasteiger partial charge is 0.342 e. The molecule has 0 atom stereocenters. The fourth-order valence-electron chi connectivity index (χ4n) is 5.75. The average Bonchev–Trinajstić information content (AvgIpc) is 3.20. The minimum atomic E-state index is -0.759. The van der Waals surface area contributed by atoms with Crippen molar-refractivity contribution < 1.29 is 14.4 Å². The molecule has 37 heavy (non-hydrogen) atoms. The number of piperidine rings is 1. The van der Waals surface area contributed by atoms with E-state index in [1.54, 1.807) is 9.80 Å². The molecule has 7 heteroatoms. The molecule has 3 aromatic rings. The molecule has 5 rings (SSSR count). The molecule has 2 aliphatic heterocycles. The number of nitrogens with zero attached hydrogens (tertiary/aromatic N) is 4. The first-order valence-corrected chi connectivity index (χ1v) is 13.1. The van der Waals surface area contributed by atoms with Gasteiger partial charge >= 0.3 is 0 Å². The molecule has 2 heterocycles. The summed E-state index contributed by atoms with van der Waals surface area (Å²) in [5.74, 6) is -0.0622. The van der Waals surface area contributed by atoms with Gasteiger partial charge in [-0.2, -0.15) is 0 Å². The van der Waals surface area contributed by atoms with Crippen LogP contribution in [0.5, 0.6) is 0 Å². The lowest BCUT2D eigenvalue weighted by molar-refractivity contribution is -0.140. The number of carbonyl (C=O) groups excluding carboxylic acids is 3. The highest BCUT2D eigenvalue weighted by Gasteiger charge is 2.54. The van der Waals surface area contributed by atoms with Gasteiger partial charge in [0, 0.05) is 37.4 Å². The van der Waals surface area contributed by atoms with Gasteiger partial charge in [-0.3, -0.25) is 14.4 Å². The van der Waals surface area contributed by atoms with Crippen LogP contribution in [0.2, 0.25) is 0 Å². The standard InChI is InChI=1S/C30H34N4O3/c1-3-31(4-2)27(35)21-33-22-34(26-12-6-5-7-13-26)30(29(33)37)16-18-32(19-17-30)28(36)25-15-14-23-10-8-9-11-24(23)20-25/h5-15,20H,3-4,16-19,21-22H2,1-2H3. The Labute approximate surface area is 218 Å². The molecule has 1 spiro atoms. The van der Waals surface area contributed by atoms with Crippen molar-refractivity contribution in [3.05, 3.63) is 78.4 Å². The van der Waals surface area contributed by atoms with Gasteiger partial charge in [-0.05, 0) is 61.7 Å². The van der Waals surface area contributed by atoms with Gasteiger partial charge in [0.05, 0.1) is 6.67 Å². The minimum absolute atomic E-state index is 0.00845. The normalized spacial score (nSPS) is 17.0. The molecule has 0 N–H and O–H groups in total. The number of likely N-dealkylation sites (tertiary alicyclic amines) is 1. The summed E-state index contributed by atoms with van der Waals surface area (Å²) in [6.45, 7) is 6.56. The number of hydrogen-bond donors (Lipinski definition) is 0. The average molecular weight is 499 g/mol. The maximum absolute atomic E-state index is 13.9. The summed E-state index contributed by atoms with van der Waals surface area (Å²) in [6, 6.07) is 23.7. The summed E-state index contributed by atoms with van der Waals surface area (Å²) in [6.07, 6.45) is 1.05. The van der Waals surface area contributed by atoms with Gasteiger partial charge in [0.2, 0.25) is 5.91 Å². The van der Waals surface area contributed by atoms with Gasteiger partial charge in [0.15, 0.2) is 0 Å². The number of anilines is 1. The van der Waals surface area contributed by atoms with Gasteiger partial charge in [-0.1, -0.05) is 48.5 Å². The molecule has 3 aromatic carbocycles. The monoisotopic (exact) mass is 498 g/mol. The number of hydrogen-bond acceptors (Lipinski definition) is 4. The van der Waals surface area contributed by atoms with Crippen molar-refractivity contribution in [3.8, 4) is 0 Å². The van der Waals surface area contributed by atoms with Crippen LogP contribution in [-0.2, 0) is 9.59 Å². The van der Waals surface area contributed by atoms with Crippen molar-refractivity contribution >= 4 is 34.2 Å². The zero-order valence-corrected chi connectivity index (χ0v) is 21.6. The molecule has 2 fully saturated rings. The second kappa shape index (κ2) is 10.2. The summed E-state index contributed by atoms with van der Waals surface area (Å²) >= 11 is 0. The van der Waals surface area contributed by atoms with E-state index in [1.807, 2.05) is 91.5 Å². The number of benzene rings is 3. The van der Waals surface area contributed by atoms with Crippen molar-refractivity contribution in [1.29, 1.82) is 0 Å². The van der Waals surface area contributed by atoms with E-state index in [9.17, 15) is 14.4 Å². The molecule has 0 bridgehead atoms. The van der Waals surface area contributed by atoms with Gasteiger partial charge in [0.25, 0.3) is 11.8 Å². The summed E-state index contributed by atoms with van der Waals surface area (Å²) in [5, 5.41) is 2.14. The van der Waals surface area contributed by atoms with Gasteiger partial charge < -0.3 is 19.6 Å². The molecule has 2 aliphatic rings. The van der Waals surface area contributed by atoms with E-state index in [4.69, 9.17) is 0 Å². The van der Waals surface area contributed by atoms with Crippen LogP contribution in [0.25, 0.3) is 10.8 Å². The molecule has 0 saturated carbocycles. The van der Waals surface area contributed by atoms with Crippen LogP contribution in [0.4, 0.5) is 5.69 Å². The van der Waals surface area contributed by atoms with Gasteiger partial charge in [-0.15, -0.1) is 0 Å². The second-order valence-corrected chi connectivity index (χ2v) is 9.86. The van der Waals surface area contributed by atoms with E-state index in [-0.39, 0.29) is 24.3 Å². The highest BCUT2D eigenvalue weighted by Crippen LogP contribution is 2.39. The predicted molar refractivity (Wildman–Crippen MR) is 145 cm³/mol. The summed E-state index contributed by atoms with van der Waals surface area (Å²) < 4.78 is 0. The number of carbonyl (C=O) groups is 3. The number of fused-ring (bicyclic) bond motifs is 1. The van der Waals surface area contributed by atoms with E-state index in [0.717, 1.165) is 16.5 Å². The van der Waals surface area contributed by atoms with E-state index in [1.165, 1.54) is 0 Å². The maximum atomic E-state index is 13.9. The lowest BCUT2D eigenvalue weighted by Gasteiger charge is -2.43. The highest BCUT2D eigenvalue weighted by molar-refractivity contribution is 6.00. The Morgan fingerprint density at radius 1 is 0.865 bits per heavy atom. The molecule has 3 amide bonds. The third-order valence-corrected chi connectivity index (χ3v) is 7.90. The molecule has 2 saturated heterocycles. The van der Waals surface area contributed by atoms with E-state index >= 15 is 0 Å². The van der Waals surface area contributed by atoms with Crippen molar-refractivity contribution in [2.24, 2.45) is 0 Å². The van der Waals surface area contributed by atoms with E-state index < -0.39 is 5.54 Å². The first kappa shape index (κ1) is 24.8. The number of para-hydroxylation sites is 1. The zero-order valence-electron chi connectivity index (χ0n) is 21.6. The van der Waals surface area contributed by atoms with E-state index in [0.29, 0.717) is 51.3 Å². The smallest absolute Gasteiger partial charge is 0.253 e. The van der Waals surface area contributed by atoms with Crippen LogP contribution in [-0.4, -0.2) is 77.4 Å². The number of amides is 3. The van der Waals surface area contributed by atoms with Gasteiger partial charge in [-0.25, -0.2) is 0 Å². The fraction of sp³-hybridized carbons (Fsp3) is 0.367. The van der Waals surface area contributed by atoms with Crippen LogP contribution in [0.3, 0.4) is 0 Å². The fourth-order valence-corrected chi connectivity index (χ4v) is 5.75. The minimum Gasteiger partial charge on any atom is -0.342 e. The SMILES string of the molecule is CCN(CC)C(=O)CN1CN(c2ccccc2)C2(CCN(C(=O)c3ccc4ccccc4c3)CC2)C1=O. The van der Waals surface area contributed by atoms with Crippen LogP contribution >= 0.6 is 0 Å². The molecular weight excluding hydrogens is 464 g/mol. The van der Waals surface area contributed by atoms with Gasteiger partial charge in [0.1, 0.15) is 12.1 Å². The molecule has 0 unspecified atom stereocenters. The Morgan fingerprint density at radius 2 is 1.51 bits per heavy atom. The lowest BCUT2D eigenvalue weighted by Crippen LogP contribution is -2.57.